The van der Waals surface area contributed by atoms with Gasteiger partial charge in [0.15, 0.2) is 0 Å². The Balaban J connectivity index is 1.88. The third kappa shape index (κ3) is 5.15. The van der Waals surface area contributed by atoms with Gasteiger partial charge in [-0.05, 0) is 72.8 Å². The largest absolute Gasteiger partial charge is 0.541 e. The first-order valence-corrected chi connectivity index (χ1v) is 9.76. The number of rotatable bonds is 6. The van der Waals surface area contributed by atoms with Crippen molar-refractivity contribution in [3.05, 3.63) is 88.7 Å². The van der Waals surface area contributed by atoms with Crippen molar-refractivity contribution < 1.29 is 18.0 Å². The second kappa shape index (κ2) is 8.00. The van der Waals surface area contributed by atoms with Gasteiger partial charge < -0.3 is 9.05 Å². The predicted octanol–water partition coefficient (Wildman–Crippen LogP) is 6.81. The molecule has 0 fully saturated rings. The molecule has 0 aliphatic rings. The molecule has 3 rings (SSSR count). The number of benzene rings is 3. The van der Waals surface area contributed by atoms with Crippen LogP contribution in [0.2, 0.25) is 10.0 Å². The highest BCUT2D eigenvalue weighted by Gasteiger charge is 2.29. The molecule has 134 valence electrons. The standard InChI is InChI=1S/C18H13Cl2FNO3P/c19-13-1-9-17(10-2-13)24-26(23,22-16-7-5-15(21)6-8-16)25-18-11-3-14(20)4-12-18/h1-12H,(H,22,23). The molecule has 0 spiro atoms. The summed E-state index contributed by atoms with van der Waals surface area (Å²) in [5.41, 5.74) is 0.373. The Hall–Kier alpha value is -2.20. The van der Waals surface area contributed by atoms with Gasteiger partial charge in [-0.25, -0.2) is 8.96 Å². The van der Waals surface area contributed by atoms with Crippen LogP contribution in [0, 0.1) is 5.82 Å². The van der Waals surface area contributed by atoms with Crippen LogP contribution in [0.5, 0.6) is 11.5 Å². The molecule has 26 heavy (non-hydrogen) atoms. The number of halogens is 3. The number of hydrogen-bond donors (Lipinski definition) is 1. The van der Waals surface area contributed by atoms with Crippen LogP contribution in [-0.4, -0.2) is 0 Å². The average Bonchev–Trinajstić information content (AvgIpc) is 2.61. The van der Waals surface area contributed by atoms with Crippen LogP contribution >= 0.6 is 30.9 Å². The van der Waals surface area contributed by atoms with Crippen LogP contribution in [0.1, 0.15) is 0 Å². The second-order valence-electron chi connectivity index (χ2n) is 5.21. The van der Waals surface area contributed by atoms with E-state index in [-0.39, 0.29) is 0 Å². The molecule has 0 aliphatic carbocycles. The zero-order valence-electron chi connectivity index (χ0n) is 13.2. The van der Waals surface area contributed by atoms with E-state index in [0.29, 0.717) is 27.2 Å². The molecule has 0 heterocycles. The molecule has 0 amide bonds. The minimum atomic E-state index is -3.89. The molecule has 0 bridgehead atoms. The Bertz CT molecular complexity index is 796. The van der Waals surface area contributed by atoms with Crippen LogP contribution in [-0.2, 0) is 4.57 Å². The average molecular weight is 412 g/mol. The molecule has 0 radical (unpaired) electrons. The summed E-state index contributed by atoms with van der Waals surface area (Å²) in [6.07, 6.45) is 0. The first-order valence-electron chi connectivity index (χ1n) is 7.46. The summed E-state index contributed by atoms with van der Waals surface area (Å²) in [5.74, 6) is 0.172. The topological polar surface area (TPSA) is 47.6 Å². The maximum Gasteiger partial charge on any atom is 0.541 e. The molecule has 3 aromatic rings. The highest BCUT2D eigenvalue weighted by atomic mass is 35.5. The maximum absolute atomic E-state index is 13.3. The molecule has 0 atom stereocenters. The quantitative estimate of drug-likeness (QED) is 0.452. The van der Waals surface area contributed by atoms with E-state index in [2.05, 4.69) is 5.09 Å². The Morgan fingerprint density at radius 3 is 1.58 bits per heavy atom. The van der Waals surface area contributed by atoms with Crippen molar-refractivity contribution in [2.24, 2.45) is 0 Å². The van der Waals surface area contributed by atoms with Gasteiger partial charge >= 0.3 is 7.75 Å². The Labute approximate surface area is 160 Å². The number of anilines is 1. The fourth-order valence-corrected chi connectivity index (χ4v) is 3.66. The Morgan fingerprint density at radius 2 is 1.15 bits per heavy atom. The zero-order chi connectivity index (χ0) is 18.6. The van der Waals surface area contributed by atoms with E-state index in [1.807, 2.05) is 0 Å². The molecular formula is C18H13Cl2FNO3P. The molecule has 0 saturated carbocycles. The third-order valence-electron chi connectivity index (χ3n) is 3.19. The SMILES string of the molecule is O=P(Nc1ccc(F)cc1)(Oc1ccc(Cl)cc1)Oc1ccc(Cl)cc1. The molecule has 0 unspecified atom stereocenters. The Morgan fingerprint density at radius 1 is 0.731 bits per heavy atom. The molecular weight excluding hydrogens is 399 g/mol. The van der Waals surface area contributed by atoms with Crippen LogP contribution in [0.25, 0.3) is 0 Å². The van der Waals surface area contributed by atoms with E-state index in [1.165, 1.54) is 24.3 Å². The summed E-state index contributed by atoms with van der Waals surface area (Å²) < 4.78 is 37.5. The van der Waals surface area contributed by atoms with Crippen molar-refractivity contribution in [1.82, 2.24) is 0 Å². The molecule has 1 N–H and O–H groups in total. The summed E-state index contributed by atoms with van der Waals surface area (Å²) in [4.78, 5) is 0. The summed E-state index contributed by atoms with van der Waals surface area (Å²) in [6.45, 7) is 0. The molecule has 0 aliphatic heterocycles. The van der Waals surface area contributed by atoms with Gasteiger partial charge in [-0.1, -0.05) is 23.2 Å². The lowest BCUT2D eigenvalue weighted by molar-refractivity contribution is 0.393. The van der Waals surface area contributed by atoms with Gasteiger partial charge in [-0.15, -0.1) is 0 Å². The van der Waals surface area contributed by atoms with Crippen molar-refractivity contribution >= 4 is 36.6 Å². The monoisotopic (exact) mass is 411 g/mol. The fourth-order valence-electron chi connectivity index (χ4n) is 2.02. The number of hydrogen-bond acceptors (Lipinski definition) is 3. The van der Waals surface area contributed by atoms with Crippen LogP contribution in [0.3, 0.4) is 0 Å². The highest BCUT2D eigenvalue weighted by molar-refractivity contribution is 7.56. The van der Waals surface area contributed by atoms with E-state index in [1.54, 1.807) is 48.5 Å². The minimum Gasteiger partial charge on any atom is -0.400 e. The van der Waals surface area contributed by atoms with Gasteiger partial charge in [0.1, 0.15) is 17.3 Å². The second-order valence-corrected chi connectivity index (χ2v) is 7.66. The lowest BCUT2D eigenvalue weighted by Crippen LogP contribution is -2.10. The van der Waals surface area contributed by atoms with Crippen molar-refractivity contribution in [1.29, 1.82) is 0 Å². The van der Waals surface area contributed by atoms with Crippen molar-refractivity contribution in [2.75, 3.05) is 5.09 Å². The summed E-state index contributed by atoms with van der Waals surface area (Å²) in [6, 6.07) is 18.0. The van der Waals surface area contributed by atoms with E-state index >= 15 is 0 Å². The lowest BCUT2D eigenvalue weighted by Gasteiger charge is -2.21. The first kappa shape index (κ1) is 18.6. The zero-order valence-corrected chi connectivity index (χ0v) is 15.6. The molecule has 4 nitrogen and oxygen atoms in total. The van der Waals surface area contributed by atoms with E-state index < -0.39 is 13.6 Å². The third-order valence-corrected chi connectivity index (χ3v) is 5.13. The van der Waals surface area contributed by atoms with Gasteiger partial charge in [0.2, 0.25) is 0 Å². The molecule has 8 heteroatoms. The van der Waals surface area contributed by atoms with Gasteiger partial charge in [0, 0.05) is 15.7 Å². The van der Waals surface area contributed by atoms with Crippen molar-refractivity contribution in [3.63, 3.8) is 0 Å². The molecule has 0 saturated heterocycles. The predicted molar refractivity (Wildman–Crippen MR) is 102 cm³/mol. The van der Waals surface area contributed by atoms with E-state index in [9.17, 15) is 8.96 Å². The Kier molecular flexibility index (Phi) is 5.72. The van der Waals surface area contributed by atoms with E-state index in [4.69, 9.17) is 32.2 Å². The van der Waals surface area contributed by atoms with Crippen molar-refractivity contribution in [2.45, 2.75) is 0 Å². The normalized spacial score (nSPS) is 11.0. The van der Waals surface area contributed by atoms with Gasteiger partial charge in [-0.2, -0.15) is 0 Å². The van der Waals surface area contributed by atoms with Gasteiger partial charge in [0.25, 0.3) is 0 Å². The van der Waals surface area contributed by atoms with Gasteiger partial charge in [-0.3, -0.25) is 5.09 Å². The summed E-state index contributed by atoms with van der Waals surface area (Å²) >= 11 is 11.7. The van der Waals surface area contributed by atoms with Crippen LogP contribution in [0.15, 0.2) is 72.8 Å². The maximum atomic E-state index is 13.3. The molecule has 0 aromatic heterocycles. The molecule has 3 aromatic carbocycles. The lowest BCUT2D eigenvalue weighted by atomic mass is 10.3. The van der Waals surface area contributed by atoms with Gasteiger partial charge in [0.05, 0.1) is 0 Å². The summed E-state index contributed by atoms with van der Waals surface area (Å²) in [5, 5.41) is 3.71. The number of nitrogens with one attached hydrogen (secondary N) is 1. The summed E-state index contributed by atoms with van der Waals surface area (Å²) in [7, 11) is -3.89. The smallest absolute Gasteiger partial charge is 0.400 e. The van der Waals surface area contributed by atoms with E-state index in [0.717, 1.165) is 0 Å². The van der Waals surface area contributed by atoms with Crippen LogP contribution in [0.4, 0.5) is 10.1 Å². The highest BCUT2D eigenvalue weighted by Crippen LogP contribution is 2.48. The fraction of sp³-hybridized carbons (Fsp3) is 0. The van der Waals surface area contributed by atoms with Crippen molar-refractivity contribution in [3.8, 4) is 11.5 Å². The van der Waals surface area contributed by atoms with Crippen LogP contribution < -0.4 is 14.1 Å². The first-order chi connectivity index (χ1) is 12.4. The minimum absolute atomic E-state index is 0.293.